The topological polar surface area (TPSA) is 76.4 Å². The molecule has 6 nitrogen and oxygen atoms in total. The van der Waals surface area contributed by atoms with Crippen LogP contribution >= 0.6 is 0 Å². The minimum Gasteiger partial charge on any atom is -0.306 e. The van der Waals surface area contributed by atoms with Crippen molar-refractivity contribution in [2.45, 2.75) is 39.3 Å². The van der Waals surface area contributed by atoms with Crippen LogP contribution in [-0.4, -0.2) is 40.6 Å². The SMILES string of the molecule is Cc1cc2ncc(C(C)NC3CCS(=O)(=O)C3)c(C)n2n1. The van der Waals surface area contributed by atoms with E-state index in [1.54, 1.807) is 0 Å². The Morgan fingerprint density at radius 1 is 1.43 bits per heavy atom. The van der Waals surface area contributed by atoms with E-state index < -0.39 is 9.84 Å². The fraction of sp³-hybridized carbons (Fsp3) is 0.571. The van der Waals surface area contributed by atoms with Gasteiger partial charge in [0.1, 0.15) is 0 Å². The fourth-order valence-corrected chi connectivity index (χ4v) is 4.66. The summed E-state index contributed by atoms with van der Waals surface area (Å²) in [5.41, 5.74) is 3.86. The van der Waals surface area contributed by atoms with Crippen LogP contribution in [0.25, 0.3) is 5.65 Å². The number of hydrogen-bond donors (Lipinski definition) is 1. The second-order valence-electron chi connectivity index (χ2n) is 5.84. The molecule has 7 heteroatoms. The molecule has 1 aliphatic heterocycles. The summed E-state index contributed by atoms with van der Waals surface area (Å²) in [5, 5.41) is 7.84. The lowest BCUT2D eigenvalue weighted by Gasteiger charge is -2.20. The highest BCUT2D eigenvalue weighted by atomic mass is 32.2. The Morgan fingerprint density at radius 3 is 2.86 bits per heavy atom. The van der Waals surface area contributed by atoms with Crippen LogP contribution in [0.4, 0.5) is 0 Å². The van der Waals surface area contributed by atoms with Crippen molar-refractivity contribution in [3.05, 3.63) is 29.2 Å². The zero-order valence-electron chi connectivity index (χ0n) is 12.5. The third-order valence-corrected chi connectivity index (χ3v) is 5.84. The van der Waals surface area contributed by atoms with E-state index in [-0.39, 0.29) is 23.6 Å². The van der Waals surface area contributed by atoms with Crippen molar-refractivity contribution in [1.82, 2.24) is 19.9 Å². The second kappa shape index (κ2) is 5.06. The Kier molecular flexibility index (Phi) is 3.49. The molecule has 3 rings (SSSR count). The number of nitrogens with zero attached hydrogens (tertiary/aromatic N) is 3. The molecular formula is C14H20N4O2S. The molecule has 21 heavy (non-hydrogen) atoms. The van der Waals surface area contributed by atoms with E-state index in [2.05, 4.69) is 15.4 Å². The Labute approximate surface area is 124 Å². The summed E-state index contributed by atoms with van der Waals surface area (Å²) in [7, 11) is -2.86. The number of hydrogen-bond acceptors (Lipinski definition) is 5. The quantitative estimate of drug-likeness (QED) is 0.921. The van der Waals surface area contributed by atoms with E-state index in [0.29, 0.717) is 6.42 Å². The van der Waals surface area contributed by atoms with Gasteiger partial charge in [-0.05, 0) is 27.2 Å². The van der Waals surface area contributed by atoms with Gasteiger partial charge in [-0.1, -0.05) is 0 Å². The maximum Gasteiger partial charge on any atom is 0.155 e. The Hall–Kier alpha value is -1.47. The van der Waals surface area contributed by atoms with Gasteiger partial charge in [-0.15, -0.1) is 0 Å². The zero-order chi connectivity index (χ0) is 15.2. The molecular weight excluding hydrogens is 288 g/mol. The third kappa shape index (κ3) is 2.80. The van der Waals surface area contributed by atoms with Crippen LogP contribution in [0, 0.1) is 13.8 Å². The molecule has 2 atom stereocenters. The van der Waals surface area contributed by atoms with E-state index in [1.165, 1.54) is 0 Å². The average molecular weight is 308 g/mol. The highest BCUT2D eigenvalue weighted by molar-refractivity contribution is 7.91. The fourth-order valence-electron chi connectivity index (χ4n) is 2.97. The molecule has 1 saturated heterocycles. The van der Waals surface area contributed by atoms with Gasteiger partial charge in [0.25, 0.3) is 0 Å². The van der Waals surface area contributed by atoms with Gasteiger partial charge in [-0.25, -0.2) is 17.9 Å². The standard InChI is InChI=1S/C14H20N4O2S/c1-9-6-14-15-7-13(11(3)18(14)17-9)10(2)16-12-4-5-21(19,20)8-12/h6-7,10,12,16H,4-5,8H2,1-3H3. The van der Waals surface area contributed by atoms with Crippen molar-refractivity contribution in [3.8, 4) is 0 Å². The number of aryl methyl sites for hydroxylation is 2. The van der Waals surface area contributed by atoms with E-state index in [9.17, 15) is 8.42 Å². The summed E-state index contributed by atoms with van der Waals surface area (Å²) in [6.45, 7) is 6.00. The molecule has 2 aromatic heterocycles. The van der Waals surface area contributed by atoms with Gasteiger partial charge < -0.3 is 5.32 Å². The summed E-state index contributed by atoms with van der Waals surface area (Å²) < 4.78 is 24.9. The van der Waals surface area contributed by atoms with Gasteiger partial charge in [-0.3, -0.25) is 0 Å². The van der Waals surface area contributed by atoms with E-state index >= 15 is 0 Å². The Morgan fingerprint density at radius 2 is 2.19 bits per heavy atom. The van der Waals surface area contributed by atoms with Crippen LogP contribution in [-0.2, 0) is 9.84 Å². The lowest BCUT2D eigenvalue weighted by atomic mass is 10.1. The molecule has 0 bridgehead atoms. The Balaban J connectivity index is 1.84. The predicted octanol–water partition coefficient (Wildman–Crippen LogP) is 1.18. The van der Waals surface area contributed by atoms with E-state index in [4.69, 9.17) is 0 Å². The molecule has 0 saturated carbocycles. The molecule has 0 spiro atoms. The van der Waals surface area contributed by atoms with Crippen LogP contribution < -0.4 is 5.32 Å². The van der Waals surface area contributed by atoms with Gasteiger partial charge in [-0.2, -0.15) is 5.10 Å². The first-order valence-corrected chi connectivity index (χ1v) is 8.96. The minimum atomic E-state index is -2.86. The summed E-state index contributed by atoms with van der Waals surface area (Å²) >= 11 is 0. The molecule has 0 radical (unpaired) electrons. The monoisotopic (exact) mass is 308 g/mol. The van der Waals surface area contributed by atoms with Gasteiger partial charge in [0.2, 0.25) is 0 Å². The minimum absolute atomic E-state index is 0.0273. The second-order valence-corrected chi connectivity index (χ2v) is 8.07. The largest absolute Gasteiger partial charge is 0.306 e. The maximum absolute atomic E-state index is 11.5. The average Bonchev–Trinajstić information content (AvgIpc) is 2.92. The van der Waals surface area contributed by atoms with Crippen molar-refractivity contribution in [2.24, 2.45) is 0 Å². The molecule has 0 aliphatic carbocycles. The number of nitrogens with one attached hydrogen (secondary N) is 1. The molecule has 1 fully saturated rings. The van der Waals surface area contributed by atoms with Crippen molar-refractivity contribution in [2.75, 3.05) is 11.5 Å². The van der Waals surface area contributed by atoms with Crippen LogP contribution in [0.3, 0.4) is 0 Å². The summed E-state index contributed by atoms with van der Waals surface area (Å²) in [4.78, 5) is 4.43. The van der Waals surface area contributed by atoms with Crippen LogP contribution in [0.2, 0.25) is 0 Å². The highest BCUT2D eigenvalue weighted by Gasteiger charge is 2.29. The molecule has 114 valence electrons. The summed E-state index contributed by atoms with van der Waals surface area (Å²) in [5.74, 6) is 0.513. The van der Waals surface area contributed by atoms with Crippen molar-refractivity contribution >= 4 is 15.5 Å². The van der Waals surface area contributed by atoms with Crippen LogP contribution in [0.15, 0.2) is 12.3 Å². The molecule has 1 N–H and O–H groups in total. The van der Waals surface area contributed by atoms with Gasteiger partial charge in [0.05, 0.1) is 17.2 Å². The number of aromatic nitrogens is 3. The smallest absolute Gasteiger partial charge is 0.155 e. The molecule has 2 aromatic rings. The summed E-state index contributed by atoms with van der Waals surface area (Å²) in [6, 6.07) is 2.02. The van der Waals surface area contributed by atoms with E-state index in [1.807, 2.05) is 37.5 Å². The first kappa shape index (κ1) is 14.5. The maximum atomic E-state index is 11.5. The first-order chi connectivity index (χ1) is 9.85. The highest BCUT2D eigenvalue weighted by Crippen LogP contribution is 2.21. The number of fused-ring (bicyclic) bond motifs is 1. The molecule has 0 aromatic carbocycles. The normalized spacial score (nSPS) is 22.7. The first-order valence-electron chi connectivity index (χ1n) is 7.14. The van der Waals surface area contributed by atoms with Crippen molar-refractivity contribution in [1.29, 1.82) is 0 Å². The molecule has 1 aliphatic rings. The molecule has 2 unspecified atom stereocenters. The Bertz CT molecular complexity index is 782. The third-order valence-electron chi connectivity index (χ3n) is 4.07. The lowest BCUT2D eigenvalue weighted by Crippen LogP contribution is -2.33. The van der Waals surface area contributed by atoms with Crippen molar-refractivity contribution in [3.63, 3.8) is 0 Å². The number of rotatable bonds is 3. The molecule has 3 heterocycles. The molecule has 0 amide bonds. The van der Waals surface area contributed by atoms with Crippen LogP contribution in [0.5, 0.6) is 0 Å². The number of sulfone groups is 1. The van der Waals surface area contributed by atoms with E-state index in [0.717, 1.165) is 22.6 Å². The van der Waals surface area contributed by atoms with Gasteiger partial charge in [0.15, 0.2) is 15.5 Å². The zero-order valence-corrected chi connectivity index (χ0v) is 13.3. The van der Waals surface area contributed by atoms with Gasteiger partial charge >= 0.3 is 0 Å². The van der Waals surface area contributed by atoms with Gasteiger partial charge in [0, 0.05) is 35.6 Å². The predicted molar refractivity (Wildman–Crippen MR) is 81.1 cm³/mol. The summed E-state index contributed by atoms with van der Waals surface area (Å²) in [6.07, 6.45) is 2.54. The van der Waals surface area contributed by atoms with Crippen LogP contribution in [0.1, 0.15) is 36.3 Å². The lowest BCUT2D eigenvalue weighted by molar-refractivity contribution is 0.480. The van der Waals surface area contributed by atoms with Crippen molar-refractivity contribution < 1.29 is 8.42 Å².